The molecule has 0 aromatic heterocycles. The Balaban J connectivity index is 3.15. The van der Waals surface area contributed by atoms with Crippen LogP contribution in [0.5, 0.6) is 0 Å². The van der Waals surface area contributed by atoms with E-state index in [0.717, 1.165) is 5.57 Å². The quantitative estimate of drug-likeness (QED) is 0.420. The number of ketones is 1. The van der Waals surface area contributed by atoms with Gasteiger partial charge in [0.15, 0.2) is 11.3 Å². The normalized spacial score (nSPS) is 32.2. The summed E-state index contributed by atoms with van der Waals surface area (Å²) in [7, 11) is 0. The maximum Gasteiger partial charge on any atom is 0.236 e. The molecule has 1 aliphatic carbocycles. The van der Waals surface area contributed by atoms with Gasteiger partial charge in [-0.2, -0.15) is 9.98 Å². The number of carbonyl (C=O) groups is 1. The fourth-order valence-corrected chi connectivity index (χ4v) is 2.05. The average molecular weight is 234 g/mol. The first-order valence-corrected chi connectivity index (χ1v) is 5.30. The topological polar surface area (TPSA) is 75.9 Å². The zero-order chi connectivity index (χ0) is 13.1. The minimum absolute atomic E-state index is 0.0282. The first-order chi connectivity index (χ1) is 7.95. The van der Waals surface area contributed by atoms with Crippen LogP contribution in [0.15, 0.2) is 22.1 Å². The summed E-state index contributed by atoms with van der Waals surface area (Å²) < 4.78 is 0. The molecule has 5 nitrogen and oxygen atoms in total. The Morgan fingerprint density at radius 1 is 1.47 bits per heavy atom. The molecule has 0 saturated heterocycles. The van der Waals surface area contributed by atoms with Gasteiger partial charge in [0, 0.05) is 6.42 Å². The van der Waals surface area contributed by atoms with Crippen LogP contribution in [0, 0.1) is 5.92 Å². The molecule has 0 radical (unpaired) electrons. The minimum atomic E-state index is -1.29. The third kappa shape index (κ3) is 2.47. The zero-order valence-electron chi connectivity index (χ0n) is 9.90. The fraction of sp³-hybridized carbons (Fsp3) is 0.583. The van der Waals surface area contributed by atoms with Gasteiger partial charge in [0.05, 0.1) is 6.04 Å². The lowest BCUT2D eigenvalue weighted by atomic mass is 9.71. The van der Waals surface area contributed by atoms with Crippen LogP contribution in [0.1, 0.15) is 26.7 Å². The van der Waals surface area contributed by atoms with E-state index in [0.29, 0.717) is 6.42 Å². The molecule has 5 heteroatoms. The molecule has 3 unspecified atom stereocenters. The summed E-state index contributed by atoms with van der Waals surface area (Å²) in [4.78, 5) is 39.9. The summed E-state index contributed by atoms with van der Waals surface area (Å²) in [5.74, 6) is -0.247. The summed E-state index contributed by atoms with van der Waals surface area (Å²) in [5, 5.41) is 0. The van der Waals surface area contributed by atoms with Crippen LogP contribution in [-0.4, -0.2) is 29.5 Å². The van der Waals surface area contributed by atoms with Crippen LogP contribution in [-0.2, 0) is 14.4 Å². The van der Waals surface area contributed by atoms with Crippen molar-refractivity contribution in [2.24, 2.45) is 15.9 Å². The Bertz CT molecular complexity index is 445. The van der Waals surface area contributed by atoms with Crippen molar-refractivity contribution in [3.63, 3.8) is 0 Å². The second-order valence-corrected chi connectivity index (χ2v) is 4.49. The SMILES string of the molecule is C=C(C)C1CC(=O)C(C)(N=C=O)C(N=C=O)C1. The number of aliphatic imine (C=N–C) groups is 2. The van der Waals surface area contributed by atoms with Gasteiger partial charge in [-0.25, -0.2) is 9.59 Å². The first kappa shape index (κ1) is 13.2. The number of hydrogen-bond donors (Lipinski definition) is 0. The van der Waals surface area contributed by atoms with E-state index >= 15 is 0 Å². The van der Waals surface area contributed by atoms with Crippen molar-refractivity contribution in [1.82, 2.24) is 0 Å². The van der Waals surface area contributed by atoms with E-state index < -0.39 is 11.6 Å². The molecule has 17 heavy (non-hydrogen) atoms. The Morgan fingerprint density at radius 3 is 2.59 bits per heavy atom. The van der Waals surface area contributed by atoms with E-state index in [-0.39, 0.29) is 18.1 Å². The van der Waals surface area contributed by atoms with Crippen molar-refractivity contribution in [1.29, 1.82) is 0 Å². The van der Waals surface area contributed by atoms with Gasteiger partial charge >= 0.3 is 0 Å². The largest absolute Gasteiger partial charge is 0.297 e. The van der Waals surface area contributed by atoms with E-state index in [2.05, 4.69) is 16.6 Å². The molecule has 1 rings (SSSR count). The highest BCUT2D eigenvalue weighted by Crippen LogP contribution is 2.36. The molecular formula is C12H14N2O3. The van der Waals surface area contributed by atoms with Gasteiger partial charge in [0.1, 0.15) is 0 Å². The average Bonchev–Trinajstić information content (AvgIpc) is 2.25. The maximum atomic E-state index is 12.0. The highest BCUT2D eigenvalue weighted by Gasteiger charge is 2.47. The van der Waals surface area contributed by atoms with E-state index in [1.54, 1.807) is 0 Å². The number of rotatable bonds is 3. The predicted molar refractivity (Wildman–Crippen MR) is 61.0 cm³/mol. The summed E-state index contributed by atoms with van der Waals surface area (Å²) in [6.45, 7) is 7.13. The van der Waals surface area contributed by atoms with Gasteiger partial charge in [0.2, 0.25) is 12.2 Å². The van der Waals surface area contributed by atoms with Gasteiger partial charge in [-0.05, 0) is 26.2 Å². The van der Waals surface area contributed by atoms with Gasteiger partial charge in [-0.1, -0.05) is 12.2 Å². The number of nitrogens with zero attached hydrogens (tertiary/aromatic N) is 2. The lowest BCUT2D eigenvalue weighted by Gasteiger charge is -2.36. The first-order valence-electron chi connectivity index (χ1n) is 5.30. The van der Waals surface area contributed by atoms with Crippen LogP contribution < -0.4 is 0 Å². The van der Waals surface area contributed by atoms with E-state index in [1.165, 1.54) is 19.1 Å². The summed E-state index contributed by atoms with van der Waals surface area (Å²) in [6.07, 6.45) is 3.55. The molecule has 0 amide bonds. The molecule has 90 valence electrons. The molecule has 1 aliphatic rings. The van der Waals surface area contributed by atoms with Gasteiger partial charge in [-0.15, -0.1) is 0 Å². The van der Waals surface area contributed by atoms with Crippen molar-refractivity contribution in [3.05, 3.63) is 12.2 Å². The highest BCUT2D eigenvalue weighted by molar-refractivity contribution is 5.91. The number of isocyanates is 2. The molecule has 1 saturated carbocycles. The second kappa shape index (κ2) is 5.00. The lowest BCUT2D eigenvalue weighted by molar-refractivity contribution is -0.127. The Hall–Kier alpha value is -1.83. The minimum Gasteiger partial charge on any atom is -0.297 e. The number of carbonyl (C=O) groups excluding carboxylic acids is 3. The molecule has 1 fully saturated rings. The Labute approximate surface area is 99.3 Å². The molecule has 0 aromatic rings. The third-order valence-electron chi connectivity index (χ3n) is 3.34. The second-order valence-electron chi connectivity index (χ2n) is 4.49. The Morgan fingerprint density at radius 2 is 2.12 bits per heavy atom. The fourth-order valence-electron chi connectivity index (χ4n) is 2.05. The van der Waals surface area contributed by atoms with Crippen molar-refractivity contribution in [2.75, 3.05) is 0 Å². The smallest absolute Gasteiger partial charge is 0.236 e. The van der Waals surface area contributed by atoms with Crippen LogP contribution in [0.4, 0.5) is 0 Å². The molecule has 0 spiro atoms. The monoisotopic (exact) mass is 234 g/mol. The van der Waals surface area contributed by atoms with Gasteiger partial charge < -0.3 is 0 Å². The summed E-state index contributed by atoms with van der Waals surface area (Å²) in [5.41, 5.74) is -0.424. The van der Waals surface area contributed by atoms with Crippen LogP contribution >= 0.6 is 0 Å². The number of Topliss-reactive ketones (excluding diaryl/α,β-unsaturated/α-hetero) is 1. The predicted octanol–water partition coefficient (Wildman–Crippen LogP) is 1.34. The molecule has 0 N–H and O–H groups in total. The van der Waals surface area contributed by atoms with Crippen LogP contribution in [0.2, 0.25) is 0 Å². The van der Waals surface area contributed by atoms with Gasteiger partial charge in [0.25, 0.3) is 0 Å². The molecular weight excluding hydrogens is 220 g/mol. The Kier molecular flexibility index (Phi) is 3.89. The molecule has 3 atom stereocenters. The van der Waals surface area contributed by atoms with Crippen LogP contribution in [0.3, 0.4) is 0 Å². The third-order valence-corrected chi connectivity index (χ3v) is 3.34. The van der Waals surface area contributed by atoms with Crippen molar-refractivity contribution in [2.45, 2.75) is 38.3 Å². The summed E-state index contributed by atoms with van der Waals surface area (Å²) >= 11 is 0. The van der Waals surface area contributed by atoms with E-state index in [1.807, 2.05) is 6.92 Å². The molecule has 0 heterocycles. The van der Waals surface area contributed by atoms with Crippen molar-refractivity contribution < 1.29 is 14.4 Å². The van der Waals surface area contributed by atoms with Crippen molar-refractivity contribution >= 4 is 17.9 Å². The maximum absolute atomic E-state index is 12.0. The number of hydrogen-bond acceptors (Lipinski definition) is 5. The molecule has 0 aromatic carbocycles. The summed E-state index contributed by atoms with van der Waals surface area (Å²) in [6, 6.07) is -0.663. The highest BCUT2D eigenvalue weighted by atomic mass is 16.1. The molecule has 0 bridgehead atoms. The van der Waals surface area contributed by atoms with E-state index in [4.69, 9.17) is 0 Å². The van der Waals surface area contributed by atoms with E-state index in [9.17, 15) is 14.4 Å². The molecule has 0 aliphatic heterocycles. The number of allylic oxidation sites excluding steroid dienone is 1. The van der Waals surface area contributed by atoms with Crippen molar-refractivity contribution in [3.8, 4) is 0 Å². The van der Waals surface area contributed by atoms with Gasteiger partial charge in [-0.3, -0.25) is 4.79 Å². The lowest BCUT2D eigenvalue weighted by Crippen LogP contribution is -2.49. The van der Waals surface area contributed by atoms with Crippen LogP contribution in [0.25, 0.3) is 0 Å². The zero-order valence-corrected chi connectivity index (χ0v) is 9.90. The standard InChI is InChI=1S/C12H14N2O3/c1-8(2)9-4-10(13-6-15)12(3,14-7-16)11(17)5-9/h9-10H,1,4-5H2,2-3H3.